The normalized spacial score (nSPS) is 22.6. The second-order valence-corrected chi connectivity index (χ2v) is 5.46. The number of hydrogen-bond donors (Lipinski definition) is 1. The van der Waals surface area contributed by atoms with E-state index in [4.69, 9.17) is 10.5 Å². The first-order chi connectivity index (χ1) is 8.33. The van der Waals surface area contributed by atoms with Crippen molar-refractivity contribution in [1.82, 2.24) is 0 Å². The van der Waals surface area contributed by atoms with Gasteiger partial charge < -0.3 is 10.5 Å². The minimum Gasteiger partial charge on any atom is -0.490 e. The maximum atomic E-state index is 6.17. The Morgan fingerprint density at radius 1 is 1.00 bits per heavy atom. The highest BCUT2D eigenvalue weighted by molar-refractivity contribution is 5.30. The van der Waals surface area contributed by atoms with E-state index < -0.39 is 0 Å². The lowest BCUT2D eigenvalue weighted by Crippen LogP contribution is -2.13. The van der Waals surface area contributed by atoms with Crippen molar-refractivity contribution in [3.63, 3.8) is 0 Å². The molecule has 1 atom stereocenters. The van der Waals surface area contributed by atoms with Gasteiger partial charge >= 0.3 is 0 Å². The molecule has 0 unspecified atom stereocenters. The highest BCUT2D eigenvalue weighted by Crippen LogP contribution is 2.39. The molecule has 0 aliphatic heterocycles. The molecule has 2 fully saturated rings. The van der Waals surface area contributed by atoms with Gasteiger partial charge in [-0.2, -0.15) is 0 Å². The first kappa shape index (κ1) is 11.1. The van der Waals surface area contributed by atoms with Gasteiger partial charge in [-0.1, -0.05) is 12.1 Å². The summed E-state index contributed by atoms with van der Waals surface area (Å²) in [5.74, 6) is 1.72. The summed E-state index contributed by atoms with van der Waals surface area (Å²) in [7, 11) is 0. The van der Waals surface area contributed by atoms with Gasteiger partial charge in [-0.15, -0.1) is 0 Å². The Morgan fingerprint density at radius 3 is 2.24 bits per heavy atom. The second kappa shape index (κ2) is 4.69. The molecular formula is C15H21NO. The van der Waals surface area contributed by atoms with Crippen LogP contribution in [0.1, 0.15) is 50.1 Å². The molecule has 0 radical (unpaired) electrons. The van der Waals surface area contributed by atoms with Crippen LogP contribution in [0.4, 0.5) is 0 Å². The predicted octanol–water partition coefficient (Wildman–Crippen LogP) is 3.42. The van der Waals surface area contributed by atoms with Crippen LogP contribution in [-0.4, -0.2) is 6.10 Å². The zero-order chi connectivity index (χ0) is 11.7. The number of hydrogen-bond acceptors (Lipinski definition) is 2. The Kier molecular flexibility index (Phi) is 3.06. The average Bonchev–Trinajstić information content (AvgIpc) is 3.09. The summed E-state index contributed by atoms with van der Waals surface area (Å²) in [6, 6.07) is 8.65. The third kappa shape index (κ3) is 2.63. The van der Waals surface area contributed by atoms with Gasteiger partial charge in [0.15, 0.2) is 0 Å². The van der Waals surface area contributed by atoms with Crippen molar-refractivity contribution in [2.24, 2.45) is 11.7 Å². The van der Waals surface area contributed by atoms with Gasteiger partial charge in [0.05, 0.1) is 6.10 Å². The van der Waals surface area contributed by atoms with Crippen LogP contribution < -0.4 is 10.5 Å². The fourth-order valence-electron chi connectivity index (χ4n) is 2.69. The van der Waals surface area contributed by atoms with Crippen molar-refractivity contribution in [2.45, 2.75) is 50.7 Å². The summed E-state index contributed by atoms with van der Waals surface area (Å²) in [4.78, 5) is 0. The van der Waals surface area contributed by atoms with Crippen LogP contribution in [0, 0.1) is 5.92 Å². The van der Waals surface area contributed by atoms with Crippen molar-refractivity contribution in [1.29, 1.82) is 0 Å². The van der Waals surface area contributed by atoms with Crippen molar-refractivity contribution >= 4 is 0 Å². The highest BCUT2D eigenvalue weighted by atomic mass is 16.5. The number of benzene rings is 1. The van der Waals surface area contributed by atoms with E-state index >= 15 is 0 Å². The van der Waals surface area contributed by atoms with E-state index in [0.29, 0.717) is 6.10 Å². The summed E-state index contributed by atoms with van der Waals surface area (Å²) in [5.41, 5.74) is 7.43. The maximum absolute atomic E-state index is 6.17. The summed E-state index contributed by atoms with van der Waals surface area (Å²) in [6.45, 7) is 0. The highest BCUT2D eigenvalue weighted by Gasteiger charge is 2.29. The van der Waals surface area contributed by atoms with Crippen molar-refractivity contribution in [3.05, 3.63) is 29.8 Å². The summed E-state index contributed by atoms with van der Waals surface area (Å²) >= 11 is 0. The number of ether oxygens (including phenoxy) is 1. The van der Waals surface area contributed by atoms with Gasteiger partial charge in [0.1, 0.15) is 5.75 Å². The Morgan fingerprint density at radius 2 is 1.65 bits per heavy atom. The summed E-state index contributed by atoms with van der Waals surface area (Å²) in [6.07, 6.45) is 8.08. The Balaban J connectivity index is 1.62. The van der Waals surface area contributed by atoms with E-state index in [9.17, 15) is 0 Å². The Hall–Kier alpha value is -1.02. The van der Waals surface area contributed by atoms with E-state index in [-0.39, 0.29) is 6.04 Å². The minimum absolute atomic E-state index is 0.232. The molecule has 0 spiro atoms. The van der Waals surface area contributed by atoms with Crippen LogP contribution in [-0.2, 0) is 0 Å². The van der Waals surface area contributed by atoms with Gasteiger partial charge in [-0.05, 0) is 62.1 Å². The van der Waals surface area contributed by atoms with E-state index in [0.717, 1.165) is 11.7 Å². The first-order valence-corrected chi connectivity index (χ1v) is 6.85. The van der Waals surface area contributed by atoms with E-state index in [2.05, 4.69) is 24.3 Å². The van der Waals surface area contributed by atoms with Crippen molar-refractivity contribution in [3.8, 4) is 5.75 Å². The molecule has 1 aromatic rings. The molecule has 3 rings (SSSR count). The molecule has 0 bridgehead atoms. The van der Waals surface area contributed by atoms with Crippen LogP contribution in [0.5, 0.6) is 5.75 Å². The predicted molar refractivity (Wildman–Crippen MR) is 69.0 cm³/mol. The smallest absolute Gasteiger partial charge is 0.119 e. The molecular weight excluding hydrogens is 210 g/mol. The Labute approximate surface area is 103 Å². The lowest BCUT2D eigenvalue weighted by atomic mass is 10.0. The van der Waals surface area contributed by atoms with Gasteiger partial charge in [0.2, 0.25) is 0 Å². The molecule has 17 heavy (non-hydrogen) atoms. The van der Waals surface area contributed by atoms with Crippen LogP contribution in [0.15, 0.2) is 24.3 Å². The van der Waals surface area contributed by atoms with Crippen LogP contribution in [0.25, 0.3) is 0 Å². The minimum atomic E-state index is 0.232. The zero-order valence-electron chi connectivity index (χ0n) is 10.3. The standard InChI is InChI=1S/C15H21NO/c16-15(11-5-6-11)12-7-9-14(10-8-12)17-13-3-1-2-4-13/h7-11,13,15H,1-6,16H2/t15-/m1/s1. The van der Waals surface area contributed by atoms with E-state index in [1.807, 2.05) is 0 Å². The van der Waals surface area contributed by atoms with Crippen molar-refractivity contribution < 1.29 is 4.74 Å². The molecule has 0 saturated heterocycles. The van der Waals surface area contributed by atoms with Gasteiger partial charge in [0.25, 0.3) is 0 Å². The molecule has 2 saturated carbocycles. The van der Waals surface area contributed by atoms with Crippen LogP contribution >= 0.6 is 0 Å². The number of nitrogens with two attached hydrogens (primary N) is 1. The third-order valence-corrected chi connectivity index (χ3v) is 4.00. The third-order valence-electron chi connectivity index (χ3n) is 4.00. The van der Waals surface area contributed by atoms with Gasteiger partial charge in [-0.25, -0.2) is 0 Å². The SMILES string of the molecule is N[C@@H](c1ccc(OC2CCCC2)cc1)C1CC1. The van der Waals surface area contributed by atoms with Crippen LogP contribution in [0.2, 0.25) is 0 Å². The van der Waals surface area contributed by atoms with E-state index in [1.165, 1.54) is 44.1 Å². The molecule has 2 aliphatic rings. The fourth-order valence-corrected chi connectivity index (χ4v) is 2.69. The molecule has 2 nitrogen and oxygen atoms in total. The lowest BCUT2D eigenvalue weighted by Gasteiger charge is -2.15. The molecule has 2 aliphatic carbocycles. The molecule has 2 N–H and O–H groups in total. The molecule has 2 heteroatoms. The fraction of sp³-hybridized carbons (Fsp3) is 0.600. The summed E-state index contributed by atoms with van der Waals surface area (Å²) < 4.78 is 5.95. The topological polar surface area (TPSA) is 35.2 Å². The Bertz CT molecular complexity index is 363. The van der Waals surface area contributed by atoms with Gasteiger partial charge in [0, 0.05) is 6.04 Å². The molecule has 0 amide bonds. The molecule has 0 aromatic heterocycles. The molecule has 0 heterocycles. The second-order valence-electron chi connectivity index (χ2n) is 5.46. The molecule has 92 valence electrons. The monoisotopic (exact) mass is 231 g/mol. The lowest BCUT2D eigenvalue weighted by molar-refractivity contribution is 0.210. The van der Waals surface area contributed by atoms with Crippen molar-refractivity contribution in [2.75, 3.05) is 0 Å². The number of rotatable bonds is 4. The van der Waals surface area contributed by atoms with E-state index in [1.54, 1.807) is 0 Å². The van der Waals surface area contributed by atoms with Gasteiger partial charge in [-0.3, -0.25) is 0 Å². The summed E-state index contributed by atoms with van der Waals surface area (Å²) in [5, 5.41) is 0. The quantitative estimate of drug-likeness (QED) is 0.861. The first-order valence-electron chi connectivity index (χ1n) is 6.85. The van der Waals surface area contributed by atoms with Crippen LogP contribution in [0.3, 0.4) is 0 Å². The zero-order valence-corrected chi connectivity index (χ0v) is 10.3. The largest absolute Gasteiger partial charge is 0.490 e. The maximum Gasteiger partial charge on any atom is 0.119 e. The average molecular weight is 231 g/mol. The molecule has 1 aromatic carbocycles.